The first-order chi connectivity index (χ1) is 15.9. The number of rotatable bonds is 0. The highest BCUT2D eigenvalue weighted by atomic mass is 32.1. The van der Waals surface area contributed by atoms with Crippen LogP contribution in [0.5, 0.6) is 0 Å². The predicted molar refractivity (Wildman–Crippen MR) is 138 cm³/mol. The summed E-state index contributed by atoms with van der Waals surface area (Å²) in [5, 5.41) is 8.97. The van der Waals surface area contributed by atoms with Gasteiger partial charge in [0.05, 0.1) is 16.6 Å². The van der Waals surface area contributed by atoms with Gasteiger partial charge in [-0.05, 0) is 47.2 Å². The van der Waals surface area contributed by atoms with E-state index in [0.29, 0.717) is 0 Å². The monoisotopic (exact) mass is 424 g/mol. The van der Waals surface area contributed by atoms with Crippen LogP contribution in [0.3, 0.4) is 0 Å². The molecule has 0 atom stereocenters. The topological polar surface area (TPSA) is 17.3 Å². The van der Waals surface area contributed by atoms with Gasteiger partial charge in [-0.15, -0.1) is 11.3 Å². The molecule has 0 aliphatic heterocycles. The molecule has 148 valence electrons. The number of para-hydroxylation sites is 2. The molecule has 0 amide bonds. The minimum Gasteiger partial charge on any atom is -0.292 e. The van der Waals surface area contributed by atoms with Gasteiger partial charge in [-0.3, -0.25) is 4.40 Å². The number of pyridine rings is 1. The maximum Gasteiger partial charge on any atom is 0.146 e. The zero-order valence-electron chi connectivity index (χ0n) is 17.0. The Morgan fingerprint density at radius 3 is 2.34 bits per heavy atom. The summed E-state index contributed by atoms with van der Waals surface area (Å²) in [6.07, 6.45) is 0. The van der Waals surface area contributed by atoms with E-state index in [-0.39, 0.29) is 0 Å². The maximum absolute atomic E-state index is 5.09. The number of benzene rings is 5. The van der Waals surface area contributed by atoms with Gasteiger partial charge in [-0.2, -0.15) is 0 Å². The lowest BCUT2D eigenvalue weighted by Gasteiger charge is -2.12. The minimum absolute atomic E-state index is 1.03. The van der Waals surface area contributed by atoms with E-state index in [9.17, 15) is 0 Å². The van der Waals surface area contributed by atoms with Gasteiger partial charge in [-0.1, -0.05) is 60.7 Å². The van der Waals surface area contributed by atoms with Crippen LogP contribution < -0.4 is 0 Å². The number of hydrogen-bond donors (Lipinski definition) is 0. The highest BCUT2D eigenvalue weighted by molar-refractivity contribution is 7.25. The number of aromatic nitrogens is 2. The molecule has 0 spiro atoms. The zero-order valence-corrected chi connectivity index (χ0v) is 17.9. The van der Waals surface area contributed by atoms with E-state index < -0.39 is 0 Å². The van der Waals surface area contributed by atoms with Crippen LogP contribution in [0.4, 0.5) is 0 Å². The van der Waals surface area contributed by atoms with Gasteiger partial charge in [0.25, 0.3) is 0 Å². The van der Waals surface area contributed by atoms with E-state index in [2.05, 4.69) is 101 Å². The van der Waals surface area contributed by atoms with Gasteiger partial charge in [0, 0.05) is 36.3 Å². The number of nitrogens with zero attached hydrogens (tertiary/aromatic N) is 2. The third-order valence-corrected chi connectivity index (χ3v) is 7.87. The summed E-state index contributed by atoms with van der Waals surface area (Å²) in [4.78, 5) is 5.09. The number of hydrogen-bond acceptors (Lipinski definition) is 2. The average molecular weight is 425 g/mol. The van der Waals surface area contributed by atoms with Crippen molar-refractivity contribution in [2.75, 3.05) is 0 Å². The molecule has 3 heterocycles. The summed E-state index contributed by atoms with van der Waals surface area (Å²) < 4.78 is 5.00. The van der Waals surface area contributed by atoms with Crippen molar-refractivity contribution in [3.8, 4) is 0 Å². The molecule has 3 aromatic heterocycles. The fraction of sp³-hybridized carbons (Fsp3) is 0. The Morgan fingerprint density at radius 2 is 1.38 bits per heavy atom. The molecular formula is C29H16N2S. The van der Waals surface area contributed by atoms with E-state index in [1.165, 1.54) is 52.6 Å². The molecule has 8 rings (SSSR count). The van der Waals surface area contributed by atoms with E-state index in [4.69, 9.17) is 4.98 Å². The lowest BCUT2D eigenvalue weighted by Crippen LogP contribution is -1.92. The van der Waals surface area contributed by atoms with Crippen LogP contribution in [0.25, 0.3) is 69.3 Å². The van der Waals surface area contributed by atoms with E-state index in [0.717, 1.165) is 16.7 Å². The fourth-order valence-electron chi connectivity index (χ4n) is 5.34. The molecule has 0 bridgehead atoms. The van der Waals surface area contributed by atoms with E-state index in [1.54, 1.807) is 0 Å². The van der Waals surface area contributed by atoms with Crippen LogP contribution >= 0.6 is 11.3 Å². The number of thiophene rings is 1. The third kappa shape index (κ3) is 2.02. The molecule has 0 aliphatic carbocycles. The molecule has 0 fully saturated rings. The molecular weight excluding hydrogens is 408 g/mol. The van der Waals surface area contributed by atoms with Gasteiger partial charge in [-0.25, -0.2) is 4.98 Å². The molecule has 0 saturated carbocycles. The van der Waals surface area contributed by atoms with Gasteiger partial charge in [0.15, 0.2) is 0 Å². The number of fused-ring (bicyclic) bond motifs is 13. The van der Waals surface area contributed by atoms with Crippen molar-refractivity contribution in [1.82, 2.24) is 9.38 Å². The highest BCUT2D eigenvalue weighted by Crippen LogP contribution is 2.41. The molecule has 8 aromatic rings. The summed E-state index contributed by atoms with van der Waals surface area (Å²) in [5.74, 6) is 0. The van der Waals surface area contributed by atoms with Gasteiger partial charge >= 0.3 is 0 Å². The average Bonchev–Trinajstić information content (AvgIpc) is 3.41. The molecule has 0 aliphatic rings. The molecule has 0 unspecified atom stereocenters. The second-order valence-corrected chi connectivity index (χ2v) is 9.52. The van der Waals surface area contributed by atoms with Crippen molar-refractivity contribution in [3.05, 3.63) is 97.1 Å². The van der Waals surface area contributed by atoms with Gasteiger partial charge in [0.1, 0.15) is 5.65 Å². The van der Waals surface area contributed by atoms with Crippen LogP contribution in [-0.4, -0.2) is 9.38 Å². The van der Waals surface area contributed by atoms with Crippen molar-refractivity contribution >= 4 is 80.6 Å². The van der Waals surface area contributed by atoms with Gasteiger partial charge in [0.2, 0.25) is 0 Å². The molecule has 2 nitrogen and oxygen atoms in total. The van der Waals surface area contributed by atoms with Crippen LogP contribution in [-0.2, 0) is 0 Å². The summed E-state index contributed by atoms with van der Waals surface area (Å²) in [6.45, 7) is 0. The maximum atomic E-state index is 5.09. The van der Waals surface area contributed by atoms with Crippen molar-refractivity contribution in [1.29, 1.82) is 0 Å². The second-order valence-electron chi connectivity index (χ2n) is 8.43. The quantitative estimate of drug-likeness (QED) is 0.224. The summed E-state index contributed by atoms with van der Waals surface area (Å²) in [7, 11) is 0. The highest BCUT2D eigenvalue weighted by Gasteiger charge is 2.17. The SMILES string of the molecule is c1ccc2c(c1)ccc1c2c2cc3c(cc2n2c4ccccc4nc12)sc1ccccc13. The van der Waals surface area contributed by atoms with Gasteiger partial charge < -0.3 is 0 Å². The zero-order chi connectivity index (χ0) is 20.8. The van der Waals surface area contributed by atoms with E-state index in [1.807, 2.05) is 11.3 Å². The minimum atomic E-state index is 1.03. The molecule has 32 heavy (non-hydrogen) atoms. The first-order valence-electron chi connectivity index (χ1n) is 10.8. The molecule has 0 saturated heterocycles. The Kier molecular flexibility index (Phi) is 3.05. The third-order valence-electron chi connectivity index (χ3n) is 6.74. The van der Waals surface area contributed by atoms with Crippen molar-refractivity contribution in [3.63, 3.8) is 0 Å². The van der Waals surface area contributed by atoms with E-state index >= 15 is 0 Å². The number of imidazole rings is 1. The van der Waals surface area contributed by atoms with Crippen molar-refractivity contribution < 1.29 is 0 Å². The first kappa shape index (κ1) is 16.7. The van der Waals surface area contributed by atoms with Crippen LogP contribution in [0.1, 0.15) is 0 Å². The summed E-state index contributed by atoms with van der Waals surface area (Å²) in [6, 6.07) is 35.1. The molecule has 0 N–H and O–H groups in total. The second kappa shape index (κ2) is 5.84. The van der Waals surface area contributed by atoms with Crippen molar-refractivity contribution in [2.45, 2.75) is 0 Å². The van der Waals surface area contributed by atoms with Crippen LogP contribution in [0.15, 0.2) is 97.1 Å². The first-order valence-corrected chi connectivity index (χ1v) is 11.6. The molecule has 0 radical (unpaired) electrons. The smallest absolute Gasteiger partial charge is 0.146 e. The van der Waals surface area contributed by atoms with Crippen molar-refractivity contribution in [2.24, 2.45) is 0 Å². The Labute approximate surface area is 186 Å². The lowest BCUT2D eigenvalue weighted by atomic mass is 9.97. The Morgan fingerprint density at radius 1 is 0.562 bits per heavy atom. The van der Waals surface area contributed by atoms with Crippen LogP contribution in [0, 0.1) is 0 Å². The fourth-order valence-corrected chi connectivity index (χ4v) is 6.47. The normalized spacial score (nSPS) is 12.4. The Bertz CT molecular complexity index is 2040. The summed E-state index contributed by atoms with van der Waals surface area (Å²) in [5.41, 5.74) is 4.44. The standard InChI is InChI=1S/C29H16N2S/c1-2-8-18-17(7-1)13-14-20-28(18)22-15-21-19-9-3-6-12-26(19)32-27(21)16-25(22)31-24-11-5-4-10-23(24)30-29(20)31/h1-16H. The summed E-state index contributed by atoms with van der Waals surface area (Å²) >= 11 is 1.87. The Hall–Kier alpha value is -3.95. The van der Waals surface area contributed by atoms with Crippen LogP contribution in [0.2, 0.25) is 0 Å². The molecule has 5 aromatic carbocycles. The predicted octanol–water partition coefficient (Wildman–Crippen LogP) is 8.32. The molecule has 3 heteroatoms. The largest absolute Gasteiger partial charge is 0.292 e. The Balaban J connectivity index is 1.76. The lowest BCUT2D eigenvalue weighted by molar-refractivity contribution is 1.32.